The first kappa shape index (κ1) is 16.9. The first-order chi connectivity index (χ1) is 11.6. The number of hydrogen-bond acceptors (Lipinski definition) is 5. The smallest absolute Gasteiger partial charge is 0.275 e. The molecule has 0 atom stereocenters. The molecule has 1 fully saturated rings. The minimum absolute atomic E-state index is 0.116. The van der Waals surface area contributed by atoms with Crippen molar-refractivity contribution in [3.8, 4) is 0 Å². The Morgan fingerprint density at radius 2 is 2.12 bits per heavy atom. The van der Waals surface area contributed by atoms with E-state index in [1.165, 1.54) is 4.68 Å². The van der Waals surface area contributed by atoms with E-state index in [1.54, 1.807) is 25.2 Å². The van der Waals surface area contributed by atoms with Gasteiger partial charge in [-0.25, -0.2) is 0 Å². The summed E-state index contributed by atoms with van der Waals surface area (Å²) in [4.78, 5) is 27.0. The molecule has 1 amide bonds. The van der Waals surface area contributed by atoms with Gasteiger partial charge in [0, 0.05) is 38.2 Å². The normalized spacial score (nSPS) is 15.6. The average molecular weight is 351 g/mol. The lowest BCUT2D eigenvalue weighted by Crippen LogP contribution is -2.42. The molecule has 128 valence electrons. The number of fused-ring (bicyclic) bond motifs is 1. The monoisotopic (exact) mass is 350 g/mol. The Morgan fingerprint density at radius 1 is 1.38 bits per heavy atom. The van der Waals surface area contributed by atoms with Crippen LogP contribution >= 0.6 is 11.6 Å². The predicted molar refractivity (Wildman–Crippen MR) is 91.6 cm³/mol. The summed E-state index contributed by atoms with van der Waals surface area (Å²) in [6, 6.07) is 4.96. The molecule has 1 aromatic heterocycles. The lowest BCUT2D eigenvalue weighted by atomic mass is 10.2. The number of hydrogen-bond donors (Lipinski definition) is 1. The van der Waals surface area contributed by atoms with Gasteiger partial charge in [-0.05, 0) is 18.2 Å². The Bertz CT molecular complexity index is 815. The predicted octanol–water partition coefficient (Wildman–Crippen LogP) is 0.649. The van der Waals surface area contributed by atoms with E-state index in [-0.39, 0.29) is 5.69 Å². The van der Waals surface area contributed by atoms with Crippen molar-refractivity contribution >= 4 is 28.4 Å². The summed E-state index contributed by atoms with van der Waals surface area (Å²) < 4.78 is 6.80. The Balaban J connectivity index is 1.74. The molecule has 0 unspecified atom stereocenters. The minimum Gasteiger partial charge on any atom is -0.379 e. The van der Waals surface area contributed by atoms with Crippen molar-refractivity contribution in [2.24, 2.45) is 7.05 Å². The van der Waals surface area contributed by atoms with Crippen LogP contribution in [0.2, 0.25) is 5.02 Å². The van der Waals surface area contributed by atoms with Crippen LogP contribution in [0.25, 0.3) is 10.9 Å². The topological polar surface area (TPSA) is 76.5 Å². The van der Waals surface area contributed by atoms with E-state index in [1.807, 2.05) is 0 Å². The number of nitrogens with one attached hydrogen (secondary N) is 1. The molecule has 3 rings (SSSR count). The highest BCUT2D eigenvalue weighted by Crippen LogP contribution is 2.15. The molecule has 1 aliphatic heterocycles. The van der Waals surface area contributed by atoms with Gasteiger partial charge in [-0.15, -0.1) is 0 Å². The van der Waals surface area contributed by atoms with Crippen molar-refractivity contribution in [1.82, 2.24) is 20.0 Å². The molecule has 0 radical (unpaired) electrons. The maximum absolute atomic E-state index is 12.5. The van der Waals surface area contributed by atoms with Crippen LogP contribution < -0.4 is 10.7 Å². The number of amides is 1. The van der Waals surface area contributed by atoms with E-state index in [0.717, 1.165) is 19.6 Å². The molecule has 1 aromatic carbocycles. The fourth-order valence-corrected chi connectivity index (χ4v) is 2.91. The summed E-state index contributed by atoms with van der Waals surface area (Å²) in [5, 5.41) is 7.71. The van der Waals surface area contributed by atoms with E-state index < -0.39 is 11.3 Å². The summed E-state index contributed by atoms with van der Waals surface area (Å²) in [5.74, 6) is -0.467. The lowest BCUT2D eigenvalue weighted by Gasteiger charge is -2.26. The quantitative estimate of drug-likeness (QED) is 0.876. The van der Waals surface area contributed by atoms with Crippen LogP contribution in [0.1, 0.15) is 10.5 Å². The Morgan fingerprint density at radius 3 is 2.88 bits per heavy atom. The van der Waals surface area contributed by atoms with Crippen molar-refractivity contribution in [2.45, 2.75) is 0 Å². The molecule has 7 nitrogen and oxygen atoms in total. The molecule has 2 heterocycles. The largest absolute Gasteiger partial charge is 0.379 e. The SMILES string of the molecule is Cn1nc(C(=O)NCCN2CCOCC2)c(=O)c2cc(Cl)ccc21. The second-order valence-corrected chi connectivity index (χ2v) is 6.11. The van der Waals surface area contributed by atoms with Gasteiger partial charge in [0.2, 0.25) is 5.43 Å². The Hall–Kier alpha value is -1.96. The van der Waals surface area contributed by atoms with E-state index in [2.05, 4.69) is 15.3 Å². The number of aromatic nitrogens is 2. The third-order valence-electron chi connectivity index (χ3n) is 4.05. The van der Waals surface area contributed by atoms with Gasteiger partial charge in [0.25, 0.3) is 5.91 Å². The fourth-order valence-electron chi connectivity index (χ4n) is 2.73. The van der Waals surface area contributed by atoms with E-state index in [0.29, 0.717) is 35.7 Å². The van der Waals surface area contributed by atoms with Crippen LogP contribution in [-0.2, 0) is 11.8 Å². The van der Waals surface area contributed by atoms with Gasteiger partial charge in [-0.1, -0.05) is 11.6 Å². The molecular formula is C16H19ClN4O3. The number of carbonyl (C=O) groups excluding carboxylic acids is 1. The van der Waals surface area contributed by atoms with E-state index in [4.69, 9.17) is 16.3 Å². The highest BCUT2D eigenvalue weighted by molar-refractivity contribution is 6.31. The number of rotatable bonds is 4. The molecule has 1 aliphatic rings. The highest BCUT2D eigenvalue weighted by Gasteiger charge is 2.17. The van der Waals surface area contributed by atoms with Gasteiger partial charge >= 0.3 is 0 Å². The standard InChI is InChI=1S/C16H19ClN4O3/c1-20-13-3-2-11(17)10-12(13)15(22)14(19-20)16(23)18-4-5-21-6-8-24-9-7-21/h2-3,10H,4-9H2,1H3,(H,18,23). The highest BCUT2D eigenvalue weighted by atomic mass is 35.5. The zero-order chi connectivity index (χ0) is 17.1. The summed E-state index contributed by atoms with van der Waals surface area (Å²) in [6.07, 6.45) is 0. The minimum atomic E-state index is -0.467. The number of benzene rings is 1. The van der Waals surface area contributed by atoms with Gasteiger partial charge in [0.1, 0.15) is 0 Å². The number of carbonyl (C=O) groups is 1. The van der Waals surface area contributed by atoms with Gasteiger partial charge in [-0.2, -0.15) is 5.10 Å². The van der Waals surface area contributed by atoms with Gasteiger partial charge in [-0.3, -0.25) is 19.2 Å². The van der Waals surface area contributed by atoms with Crippen molar-refractivity contribution in [1.29, 1.82) is 0 Å². The summed E-state index contributed by atoms with van der Waals surface area (Å²) in [7, 11) is 1.69. The van der Waals surface area contributed by atoms with Gasteiger partial charge in [0.05, 0.1) is 24.1 Å². The molecule has 0 aliphatic carbocycles. The maximum atomic E-state index is 12.5. The van der Waals surface area contributed by atoms with Crippen LogP contribution in [0.4, 0.5) is 0 Å². The first-order valence-corrected chi connectivity index (χ1v) is 8.19. The molecule has 0 bridgehead atoms. The van der Waals surface area contributed by atoms with Crippen LogP contribution in [0.3, 0.4) is 0 Å². The van der Waals surface area contributed by atoms with Crippen LogP contribution in [0.5, 0.6) is 0 Å². The molecule has 8 heteroatoms. The van der Waals surface area contributed by atoms with Crippen molar-refractivity contribution in [3.63, 3.8) is 0 Å². The number of aryl methyl sites for hydroxylation is 1. The average Bonchev–Trinajstić information content (AvgIpc) is 2.58. The third kappa shape index (κ3) is 3.58. The molecule has 0 spiro atoms. The maximum Gasteiger partial charge on any atom is 0.275 e. The van der Waals surface area contributed by atoms with Crippen LogP contribution in [-0.4, -0.2) is 60.0 Å². The molecule has 24 heavy (non-hydrogen) atoms. The molecular weight excluding hydrogens is 332 g/mol. The molecule has 1 N–H and O–H groups in total. The molecule has 0 saturated carbocycles. The van der Waals surface area contributed by atoms with Crippen molar-refractivity contribution in [3.05, 3.63) is 39.1 Å². The summed E-state index contributed by atoms with van der Waals surface area (Å²) in [5.41, 5.74) is 0.109. The second-order valence-electron chi connectivity index (χ2n) is 5.67. The lowest BCUT2D eigenvalue weighted by molar-refractivity contribution is 0.0383. The van der Waals surface area contributed by atoms with E-state index >= 15 is 0 Å². The summed E-state index contributed by atoms with van der Waals surface area (Å²) in [6.45, 7) is 4.30. The molecule has 1 saturated heterocycles. The molecule has 2 aromatic rings. The zero-order valence-corrected chi connectivity index (χ0v) is 14.2. The van der Waals surface area contributed by atoms with Crippen LogP contribution in [0.15, 0.2) is 23.0 Å². The van der Waals surface area contributed by atoms with Crippen LogP contribution in [0, 0.1) is 0 Å². The van der Waals surface area contributed by atoms with Gasteiger partial charge in [0.15, 0.2) is 5.69 Å². The number of morpholine rings is 1. The Kier molecular flexibility index (Phi) is 5.13. The fraction of sp³-hybridized carbons (Fsp3) is 0.438. The third-order valence-corrected chi connectivity index (χ3v) is 4.28. The van der Waals surface area contributed by atoms with Crippen molar-refractivity contribution in [2.75, 3.05) is 39.4 Å². The second kappa shape index (κ2) is 7.29. The van der Waals surface area contributed by atoms with Crippen molar-refractivity contribution < 1.29 is 9.53 Å². The first-order valence-electron chi connectivity index (χ1n) is 7.81. The zero-order valence-electron chi connectivity index (χ0n) is 13.4. The number of ether oxygens (including phenoxy) is 1. The Labute approximate surface area is 144 Å². The number of nitrogens with zero attached hydrogens (tertiary/aromatic N) is 3. The number of halogens is 1. The van der Waals surface area contributed by atoms with Gasteiger partial charge < -0.3 is 10.1 Å². The van der Waals surface area contributed by atoms with E-state index in [9.17, 15) is 9.59 Å². The summed E-state index contributed by atoms with van der Waals surface area (Å²) >= 11 is 5.96.